The highest BCUT2D eigenvalue weighted by Crippen LogP contribution is 2.32. The third kappa shape index (κ3) is 3.26. The number of nitrogens with zero attached hydrogens (tertiary/aromatic N) is 1. The van der Waals surface area contributed by atoms with Gasteiger partial charge in [0.05, 0.1) is 25.9 Å². The SMILES string of the molecule is COc1ccccc1C(C(C)N)N1CCOC(C)C1. The number of rotatable bonds is 4. The number of hydrogen-bond acceptors (Lipinski definition) is 4. The zero-order valence-electron chi connectivity index (χ0n) is 12.0. The molecule has 0 radical (unpaired) electrons. The molecule has 4 nitrogen and oxygen atoms in total. The second-order valence-corrected chi connectivity index (χ2v) is 5.22. The molecule has 1 aromatic rings. The molecule has 1 saturated heterocycles. The van der Waals surface area contributed by atoms with Gasteiger partial charge in [0, 0.05) is 24.7 Å². The second-order valence-electron chi connectivity index (χ2n) is 5.22. The van der Waals surface area contributed by atoms with Gasteiger partial charge in [-0.1, -0.05) is 18.2 Å². The summed E-state index contributed by atoms with van der Waals surface area (Å²) in [7, 11) is 1.71. The summed E-state index contributed by atoms with van der Waals surface area (Å²) in [5, 5.41) is 0. The molecule has 0 aliphatic carbocycles. The van der Waals surface area contributed by atoms with Crippen molar-refractivity contribution in [2.45, 2.75) is 32.0 Å². The van der Waals surface area contributed by atoms with E-state index in [9.17, 15) is 0 Å². The molecule has 1 fully saturated rings. The van der Waals surface area contributed by atoms with Gasteiger partial charge in [0.1, 0.15) is 5.75 Å². The van der Waals surface area contributed by atoms with Crippen molar-refractivity contribution in [3.63, 3.8) is 0 Å². The Balaban J connectivity index is 2.29. The van der Waals surface area contributed by atoms with Crippen molar-refractivity contribution < 1.29 is 9.47 Å². The number of morpholine rings is 1. The van der Waals surface area contributed by atoms with Gasteiger partial charge in [-0.25, -0.2) is 0 Å². The summed E-state index contributed by atoms with van der Waals surface area (Å²) in [5.41, 5.74) is 7.39. The topological polar surface area (TPSA) is 47.7 Å². The number of para-hydroxylation sites is 1. The molecule has 106 valence electrons. The van der Waals surface area contributed by atoms with Crippen LogP contribution in [-0.4, -0.2) is 43.9 Å². The molecule has 0 saturated carbocycles. The summed E-state index contributed by atoms with van der Waals surface area (Å²) in [4.78, 5) is 2.40. The van der Waals surface area contributed by atoms with E-state index in [-0.39, 0.29) is 18.2 Å². The van der Waals surface area contributed by atoms with Crippen LogP contribution in [0.1, 0.15) is 25.5 Å². The maximum Gasteiger partial charge on any atom is 0.123 e. The lowest BCUT2D eigenvalue weighted by Crippen LogP contribution is -2.48. The van der Waals surface area contributed by atoms with E-state index in [0.29, 0.717) is 0 Å². The van der Waals surface area contributed by atoms with Crippen LogP contribution in [0.4, 0.5) is 0 Å². The van der Waals surface area contributed by atoms with E-state index in [1.54, 1.807) is 7.11 Å². The van der Waals surface area contributed by atoms with Gasteiger partial charge >= 0.3 is 0 Å². The van der Waals surface area contributed by atoms with E-state index in [0.717, 1.165) is 31.0 Å². The van der Waals surface area contributed by atoms with Crippen molar-refractivity contribution in [3.05, 3.63) is 29.8 Å². The summed E-state index contributed by atoms with van der Waals surface area (Å²) >= 11 is 0. The Kier molecular flexibility index (Phi) is 4.80. The first-order chi connectivity index (χ1) is 9.13. The van der Waals surface area contributed by atoms with Gasteiger partial charge < -0.3 is 15.2 Å². The molecule has 0 spiro atoms. The van der Waals surface area contributed by atoms with Gasteiger partial charge in [0.2, 0.25) is 0 Å². The van der Waals surface area contributed by atoms with Crippen LogP contribution in [0.25, 0.3) is 0 Å². The number of hydrogen-bond donors (Lipinski definition) is 1. The average Bonchev–Trinajstić information content (AvgIpc) is 2.39. The molecule has 3 unspecified atom stereocenters. The third-order valence-corrected chi connectivity index (χ3v) is 3.62. The highest BCUT2D eigenvalue weighted by molar-refractivity contribution is 5.36. The van der Waals surface area contributed by atoms with E-state index in [1.165, 1.54) is 0 Å². The molecule has 1 aromatic carbocycles. The first kappa shape index (κ1) is 14.3. The van der Waals surface area contributed by atoms with E-state index in [4.69, 9.17) is 15.2 Å². The molecule has 4 heteroatoms. The van der Waals surface area contributed by atoms with Crippen LogP contribution < -0.4 is 10.5 Å². The maximum absolute atomic E-state index is 6.23. The second kappa shape index (κ2) is 6.37. The van der Waals surface area contributed by atoms with Gasteiger partial charge in [0.15, 0.2) is 0 Å². The highest BCUT2D eigenvalue weighted by Gasteiger charge is 2.29. The number of methoxy groups -OCH3 is 1. The first-order valence-corrected chi connectivity index (χ1v) is 6.87. The van der Waals surface area contributed by atoms with Crippen molar-refractivity contribution in [3.8, 4) is 5.75 Å². The Hall–Kier alpha value is -1.10. The lowest BCUT2D eigenvalue weighted by Gasteiger charge is -2.39. The fourth-order valence-corrected chi connectivity index (χ4v) is 2.82. The normalized spacial score (nSPS) is 23.9. The minimum atomic E-state index is 0.0431. The van der Waals surface area contributed by atoms with Gasteiger partial charge in [0.25, 0.3) is 0 Å². The molecule has 2 rings (SSSR count). The van der Waals surface area contributed by atoms with Crippen molar-refractivity contribution in [2.75, 3.05) is 26.8 Å². The van der Waals surface area contributed by atoms with Crippen LogP contribution >= 0.6 is 0 Å². The maximum atomic E-state index is 6.23. The molecule has 19 heavy (non-hydrogen) atoms. The Morgan fingerprint density at radius 1 is 1.42 bits per heavy atom. The van der Waals surface area contributed by atoms with Crippen molar-refractivity contribution in [2.24, 2.45) is 5.73 Å². The largest absolute Gasteiger partial charge is 0.496 e. The number of nitrogens with two attached hydrogens (primary N) is 1. The monoisotopic (exact) mass is 264 g/mol. The van der Waals surface area contributed by atoms with Crippen LogP contribution in [0, 0.1) is 0 Å². The molecule has 2 N–H and O–H groups in total. The first-order valence-electron chi connectivity index (χ1n) is 6.87. The molecule has 0 aromatic heterocycles. The molecule has 0 bridgehead atoms. The quantitative estimate of drug-likeness (QED) is 0.901. The zero-order chi connectivity index (χ0) is 13.8. The zero-order valence-corrected chi connectivity index (χ0v) is 12.0. The van der Waals surface area contributed by atoms with Gasteiger partial charge in [-0.05, 0) is 19.9 Å². The third-order valence-electron chi connectivity index (χ3n) is 3.62. The molecule has 1 heterocycles. The Bertz CT molecular complexity index is 409. The predicted molar refractivity (Wildman–Crippen MR) is 76.4 cm³/mol. The molecule has 1 aliphatic heterocycles. The smallest absolute Gasteiger partial charge is 0.123 e. The van der Waals surface area contributed by atoms with Crippen molar-refractivity contribution in [1.29, 1.82) is 0 Å². The van der Waals surface area contributed by atoms with Crippen molar-refractivity contribution >= 4 is 0 Å². The van der Waals surface area contributed by atoms with Crippen LogP contribution in [0.2, 0.25) is 0 Å². The molecule has 3 atom stereocenters. The number of benzene rings is 1. The van der Waals surface area contributed by atoms with Gasteiger partial charge in [-0.2, -0.15) is 0 Å². The summed E-state index contributed by atoms with van der Waals surface area (Å²) < 4.78 is 11.1. The Morgan fingerprint density at radius 2 is 2.16 bits per heavy atom. The average molecular weight is 264 g/mol. The van der Waals surface area contributed by atoms with E-state index >= 15 is 0 Å². The molecular weight excluding hydrogens is 240 g/mol. The predicted octanol–water partition coefficient (Wildman–Crippen LogP) is 1.80. The van der Waals surface area contributed by atoms with Crippen LogP contribution in [0.15, 0.2) is 24.3 Å². The Morgan fingerprint density at radius 3 is 2.79 bits per heavy atom. The minimum absolute atomic E-state index is 0.0431. The van der Waals surface area contributed by atoms with E-state index in [2.05, 4.69) is 24.8 Å². The molecule has 0 amide bonds. The summed E-state index contributed by atoms with van der Waals surface area (Å²) in [6.07, 6.45) is 0.254. The highest BCUT2D eigenvalue weighted by atomic mass is 16.5. The lowest BCUT2D eigenvalue weighted by molar-refractivity contribution is -0.0379. The molecular formula is C15H24N2O2. The summed E-state index contributed by atoms with van der Waals surface area (Å²) in [5.74, 6) is 0.906. The summed E-state index contributed by atoms with van der Waals surface area (Å²) in [6, 6.07) is 8.34. The Labute approximate surface area is 115 Å². The van der Waals surface area contributed by atoms with Gasteiger partial charge in [-0.15, -0.1) is 0 Å². The fourth-order valence-electron chi connectivity index (χ4n) is 2.82. The van der Waals surface area contributed by atoms with Crippen LogP contribution in [0.5, 0.6) is 5.75 Å². The van der Waals surface area contributed by atoms with Crippen LogP contribution in [-0.2, 0) is 4.74 Å². The van der Waals surface area contributed by atoms with Crippen LogP contribution in [0.3, 0.4) is 0 Å². The minimum Gasteiger partial charge on any atom is -0.496 e. The van der Waals surface area contributed by atoms with E-state index in [1.807, 2.05) is 18.2 Å². The fraction of sp³-hybridized carbons (Fsp3) is 0.600. The van der Waals surface area contributed by atoms with Crippen molar-refractivity contribution in [1.82, 2.24) is 4.90 Å². The molecule has 1 aliphatic rings. The lowest BCUT2D eigenvalue weighted by atomic mass is 9.97. The number of ether oxygens (including phenoxy) is 2. The van der Waals surface area contributed by atoms with E-state index < -0.39 is 0 Å². The van der Waals surface area contributed by atoms with Gasteiger partial charge in [-0.3, -0.25) is 4.90 Å². The standard InChI is InChI=1S/C15H24N2O2/c1-11-10-17(8-9-19-11)15(12(2)16)13-6-4-5-7-14(13)18-3/h4-7,11-12,15H,8-10,16H2,1-3H3. The summed E-state index contributed by atoms with van der Waals surface area (Å²) in [6.45, 7) is 6.74.